The molecule has 1 amide bonds. The van der Waals surface area contributed by atoms with Crippen LogP contribution in [0.1, 0.15) is 31.4 Å². The number of ether oxygens (including phenoxy) is 1. The summed E-state index contributed by atoms with van der Waals surface area (Å²) in [5, 5.41) is 2.72. The fourth-order valence-corrected chi connectivity index (χ4v) is 5.83. The lowest BCUT2D eigenvalue weighted by Crippen LogP contribution is -2.41. The van der Waals surface area contributed by atoms with Gasteiger partial charge in [-0.1, -0.05) is 29.4 Å². The van der Waals surface area contributed by atoms with Crippen LogP contribution in [-0.2, 0) is 10.5 Å². The smallest absolute Gasteiger partial charge is 0.409 e. The van der Waals surface area contributed by atoms with E-state index in [-0.39, 0.29) is 29.3 Å². The number of rotatable bonds is 5. The molecular formula is C21H21ClFN3O3S2. The number of nitrogens with zero attached hydrogens (tertiary/aromatic N) is 3. The average Bonchev–Trinajstić information content (AvgIpc) is 3.23. The van der Waals surface area contributed by atoms with Crippen molar-refractivity contribution in [3.05, 3.63) is 56.4 Å². The third kappa shape index (κ3) is 4.58. The van der Waals surface area contributed by atoms with Crippen molar-refractivity contribution in [3.63, 3.8) is 0 Å². The van der Waals surface area contributed by atoms with Gasteiger partial charge < -0.3 is 9.64 Å². The van der Waals surface area contributed by atoms with E-state index in [2.05, 4.69) is 0 Å². The fourth-order valence-electron chi connectivity index (χ4n) is 3.66. The van der Waals surface area contributed by atoms with Gasteiger partial charge in [-0.3, -0.25) is 9.36 Å². The largest absolute Gasteiger partial charge is 0.450 e. The van der Waals surface area contributed by atoms with Crippen LogP contribution in [0.25, 0.3) is 10.2 Å². The number of aromatic nitrogens is 2. The molecule has 0 unspecified atom stereocenters. The van der Waals surface area contributed by atoms with Crippen molar-refractivity contribution >= 4 is 51.0 Å². The molecule has 1 saturated heterocycles. The molecule has 3 aromatic rings. The van der Waals surface area contributed by atoms with Gasteiger partial charge in [0.2, 0.25) is 0 Å². The molecule has 31 heavy (non-hydrogen) atoms. The highest BCUT2D eigenvalue weighted by atomic mass is 35.5. The lowest BCUT2D eigenvalue weighted by Gasteiger charge is -2.32. The van der Waals surface area contributed by atoms with Crippen LogP contribution in [0.5, 0.6) is 0 Å². The monoisotopic (exact) mass is 481 g/mol. The van der Waals surface area contributed by atoms with Gasteiger partial charge in [-0.2, -0.15) is 0 Å². The second kappa shape index (κ2) is 9.58. The van der Waals surface area contributed by atoms with Gasteiger partial charge in [-0.05, 0) is 43.3 Å². The van der Waals surface area contributed by atoms with E-state index in [1.54, 1.807) is 28.5 Å². The minimum atomic E-state index is -0.381. The Morgan fingerprint density at radius 1 is 1.35 bits per heavy atom. The first-order valence-electron chi connectivity index (χ1n) is 9.96. The van der Waals surface area contributed by atoms with Gasteiger partial charge in [-0.15, -0.1) is 11.3 Å². The van der Waals surface area contributed by atoms with E-state index in [0.717, 1.165) is 0 Å². The molecule has 0 spiro atoms. The fraction of sp³-hybridized carbons (Fsp3) is 0.381. The molecular weight excluding hydrogens is 461 g/mol. The van der Waals surface area contributed by atoms with Crippen molar-refractivity contribution in [2.75, 3.05) is 19.7 Å². The molecule has 0 aliphatic carbocycles. The van der Waals surface area contributed by atoms with Crippen LogP contribution in [-0.4, -0.2) is 40.2 Å². The highest BCUT2D eigenvalue weighted by Gasteiger charge is 2.28. The summed E-state index contributed by atoms with van der Waals surface area (Å²) >= 11 is 8.83. The summed E-state index contributed by atoms with van der Waals surface area (Å²) in [6, 6.07) is 6.30. The summed E-state index contributed by atoms with van der Waals surface area (Å²) in [4.78, 5) is 31.7. The molecule has 0 saturated carbocycles. The number of carbonyl (C=O) groups excluding carboxylic acids is 1. The number of benzene rings is 1. The zero-order valence-electron chi connectivity index (χ0n) is 16.8. The standard InChI is InChI=1S/C21H21ClFN3O3S2/c1-2-29-21(28)25-9-6-13(7-10-25)26-19(27)18-17(8-11-30-18)24-20(26)31-12-14-15(22)4-3-5-16(14)23/h3-5,8,11,13H,2,6-7,9-10,12H2,1H3. The summed E-state index contributed by atoms with van der Waals surface area (Å²) < 4.78 is 21.6. The first-order valence-corrected chi connectivity index (χ1v) is 12.2. The molecule has 1 aliphatic rings. The van der Waals surface area contributed by atoms with Crippen molar-refractivity contribution < 1.29 is 13.9 Å². The van der Waals surface area contributed by atoms with Crippen molar-refractivity contribution in [2.45, 2.75) is 36.7 Å². The van der Waals surface area contributed by atoms with E-state index < -0.39 is 0 Å². The molecule has 1 aromatic carbocycles. The normalized spacial score (nSPS) is 14.9. The zero-order valence-corrected chi connectivity index (χ0v) is 19.2. The average molecular weight is 482 g/mol. The number of hydrogen-bond acceptors (Lipinski definition) is 6. The molecule has 164 valence electrons. The third-order valence-electron chi connectivity index (χ3n) is 5.24. The molecule has 1 fully saturated rings. The third-order valence-corrected chi connectivity index (χ3v) is 7.47. The molecule has 0 N–H and O–H groups in total. The van der Waals surface area contributed by atoms with Crippen LogP contribution in [0.2, 0.25) is 5.02 Å². The van der Waals surface area contributed by atoms with E-state index in [9.17, 15) is 14.0 Å². The van der Waals surface area contributed by atoms with Gasteiger partial charge in [0.25, 0.3) is 5.56 Å². The summed E-state index contributed by atoms with van der Waals surface area (Å²) in [7, 11) is 0. The molecule has 2 aromatic heterocycles. The van der Waals surface area contributed by atoms with Gasteiger partial charge in [0.05, 0.1) is 12.1 Å². The molecule has 1 aliphatic heterocycles. The Kier molecular flexibility index (Phi) is 6.83. The number of hydrogen-bond donors (Lipinski definition) is 0. The Hall–Kier alpha value is -2.10. The van der Waals surface area contributed by atoms with Gasteiger partial charge in [-0.25, -0.2) is 14.2 Å². The Morgan fingerprint density at radius 2 is 2.13 bits per heavy atom. The Morgan fingerprint density at radius 3 is 2.84 bits per heavy atom. The minimum absolute atomic E-state index is 0.100. The van der Waals surface area contributed by atoms with Crippen LogP contribution in [0.3, 0.4) is 0 Å². The highest BCUT2D eigenvalue weighted by molar-refractivity contribution is 7.98. The summed E-state index contributed by atoms with van der Waals surface area (Å²) in [6.07, 6.45) is 0.903. The number of fused-ring (bicyclic) bond motifs is 1. The number of amides is 1. The lowest BCUT2D eigenvalue weighted by atomic mass is 10.1. The number of thiophene rings is 1. The molecule has 10 heteroatoms. The summed E-state index contributed by atoms with van der Waals surface area (Å²) in [6.45, 7) is 3.11. The Balaban J connectivity index is 1.63. The van der Waals surface area contributed by atoms with E-state index in [0.29, 0.717) is 58.5 Å². The van der Waals surface area contributed by atoms with Gasteiger partial charge in [0.1, 0.15) is 10.5 Å². The van der Waals surface area contributed by atoms with Crippen LogP contribution >= 0.6 is 34.7 Å². The van der Waals surface area contributed by atoms with E-state index in [4.69, 9.17) is 21.3 Å². The molecule has 0 bridgehead atoms. The Labute approximate surface area is 192 Å². The SMILES string of the molecule is CCOC(=O)N1CCC(n2c(SCc3c(F)cccc3Cl)nc3ccsc3c2=O)CC1. The topological polar surface area (TPSA) is 64.4 Å². The molecule has 0 radical (unpaired) electrons. The van der Waals surface area contributed by atoms with Crippen LogP contribution < -0.4 is 5.56 Å². The van der Waals surface area contributed by atoms with Crippen molar-refractivity contribution in [2.24, 2.45) is 0 Å². The van der Waals surface area contributed by atoms with Crippen molar-refractivity contribution in [3.8, 4) is 0 Å². The zero-order chi connectivity index (χ0) is 22.0. The van der Waals surface area contributed by atoms with E-state index in [1.165, 1.54) is 29.2 Å². The quantitative estimate of drug-likeness (QED) is 0.363. The predicted molar refractivity (Wildman–Crippen MR) is 122 cm³/mol. The maximum Gasteiger partial charge on any atom is 0.409 e. The van der Waals surface area contributed by atoms with Crippen LogP contribution in [0, 0.1) is 5.82 Å². The molecule has 0 atom stereocenters. The molecule has 3 heterocycles. The second-order valence-electron chi connectivity index (χ2n) is 7.11. The van der Waals surface area contributed by atoms with E-state index in [1.807, 2.05) is 11.4 Å². The number of halogens is 2. The first kappa shape index (κ1) is 22.1. The van der Waals surface area contributed by atoms with Gasteiger partial charge >= 0.3 is 6.09 Å². The van der Waals surface area contributed by atoms with Crippen molar-refractivity contribution in [1.29, 1.82) is 0 Å². The molecule has 6 nitrogen and oxygen atoms in total. The number of carbonyl (C=O) groups is 1. The first-order chi connectivity index (χ1) is 15.0. The number of likely N-dealkylation sites (tertiary alicyclic amines) is 1. The van der Waals surface area contributed by atoms with Crippen molar-refractivity contribution in [1.82, 2.24) is 14.5 Å². The number of thioether (sulfide) groups is 1. The summed E-state index contributed by atoms with van der Waals surface area (Å²) in [5.41, 5.74) is 0.923. The van der Waals surface area contributed by atoms with E-state index >= 15 is 0 Å². The Bertz CT molecular complexity index is 1140. The summed E-state index contributed by atoms with van der Waals surface area (Å²) in [5.74, 6) is -0.122. The lowest BCUT2D eigenvalue weighted by molar-refractivity contribution is 0.0915. The van der Waals surface area contributed by atoms with Crippen LogP contribution in [0.15, 0.2) is 39.6 Å². The molecule has 4 rings (SSSR count). The second-order valence-corrected chi connectivity index (χ2v) is 9.38. The van der Waals surface area contributed by atoms with Gasteiger partial charge in [0, 0.05) is 35.5 Å². The van der Waals surface area contributed by atoms with Crippen LogP contribution in [0.4, 0.5) is 9.18 Å². The van der Waals surface area contributed by atoms with Gasteiger partial charge in [0.15, 0.2) is 5.16 Å². The maximum atomic E-state index is 14.2. The maximum absolute atomic E-state index is 14.2. The number of piperidine rings is 1. The predicted octanol–water partition coefficient (Wildman–Crippen LogP) is 5.34. The highest BCUT2D eigenvalue weighted by Crippen LogP contribution is 2.32. The minimum Gasteiger partial charge on any atom is -0.450 e.